The van der Waals surface area contributed by atoms with Crippen molar-refractivity contribution in [1.82, 2.24) is 10.5 Å². The van der Waals surface area contributed by atoms with E-state index in [2.05, 4.69) is 12.5 Å². The van der Waals surface area contributed by atoms with Gasteiger partial charge in [0.2, 0.25) is 0 Å². The summed E-state index contributed by atoms with van der Waals surface area (Å²) in [5, 5.41) is 9.92. The molecule has 5 heteroatoms. The standard InChI is InChI=1S/C11H24N4.ClH/c1-2-3-4-5-6-7-8-9-10-15(11-12)14-13;/h14H,2-10,13H2,1H3;1H. The zero-order valence-electron chi connectivity index (χ0n) is 10.2. The van der Waals surface area contributed by atoms with Gasteiger partial charge in [0.1, 0.15) is 0 Å². The zero-order valence-corrected chi connectivity index (χ0v) is 11.1. The number of nitrogens with one attached hydrogen (secondary N) is 1. The van der Waals surface area contributed by atoms with Gasteiger partial charge in [-0.3, -0.25) is 5.84 Å². The average molecular weight is 249 g/mol. The third-order valence-corrected chi connectivity index (χ3v) is 2.51. The molecule has 0 fully saturated rings. The van der Waals surface area contributed by atoms with Gasteiger partial charge in [-0.05, 0) is 6.42 Å². The maximum absolute atomic E-state index is 8.56. The molecule has 0 spiro atoms. The lowest BCUT2D eigenvalue weighted by Gasteiger charge is -2.12. The third kappa shape index (κ3) is 11.6. The highest BCUT2D eigenvalue weighted by Crippen LogP contribution is 2.08. The number of hydrogen-bond donors (Lipinski definition) is 2. The smallest absolute Gasteiger partial charge is 0.196 e. The van der Waals surface area contributed by atoms with Crippen molar-refractivity contribution in [3.05, 3.63) is 0 Å². The number of nitrogens with two attached hydrogens (primary N) is 1. The summed E-state index contributed by atoms with van der Waals surface area (Å²) < 4.78 is 0. The number of nitriles is 1. The van der Waals surface area contributed by atoms with Gasteiger partial charge in [0, 0.05) is 6.54 Å². The number of unbranched alkanes of at least 4 members (excludes halogenated alkanes) is 7. The summed E-state index contributed by atoms with van der Waals surface area (Å²) in [6.07, 6.45) is 12.2. The van der Waals surface area contributed by atoms with Crippen LogP contribution in [0.4, 0.5) is 0 Å². The van der Waals surface area contributed by atoms with Crippen molar-refractivity contribution in [2.24, 2.45) is 5.84 Å². The van der Waals surface area contributed by atoms with Gasteiger partial charge in [0.05, 0.1) is 0 Å². The second-order valence-electron chi connectivity index (χ2n) is 3.86. The second-order valence-corrected chi connectivity index (χ2v) is 3.86. The Hall–Kier alpha value is -0.500. The number of nitrogens with zero attached hydrogens (tertiary/aromatic N) is 2. The van der Waals surface area contributed by atoms with Crippen molar-refractivity contribution in [2.75, 3.05) is 6.54 Å². The summed E-state index contributed by atoms with van der Waals surface area (Å²) in [7, 11) is 0. The van der Waals surface area contributed by atoms with Gasteiger partial charge < -0.3 is 0 Å². The fourth-order valence-corrected chi connectivity index (χ4v) is 1.55. The number of rotatable bonds is 10. The molecule has 16 heavy (non-hydrogen) atoms. The summed E-state index contributed by atoms with van der Waals surface area (Å²) in [4.78, 5) is 0. The van der Waals surface area contributed by atoms with Crippen molar-refractivity contribution in [1.29, 1.82) is 5.26 Å². The van der Waals surface area contributed by atoms with Crippen LogP contribution in [-0.4, -0.2) is 11.6 Å². The van der Waals surface area contributed by atoms with Crippen LogP contribution in [0.2, 0.25) is 0 Å². The molecule has 96 valence electrons. The fraction of sp³-hybridized carbons (Fsp3) is 0.909. The average Bonchev–Trinajstić information content (AvgIpc) is 2.27. The predicted octanol–water partition coefficient (Wildman–Crippen LogP) is 2.71. The Balaban J connectivity index is 0. The molecule has 0 rings (SSSR count). The molecule has 0 aliphatic rings. The molecule has 0 amide bonds. The molecule has 0 saturated heterocycles. The molecule has 4 nitrogen and oxygen atoms in total. The van der Waals surface area contributed by atoms with Gasteiger partial charge >= 0.3 is 0 Å². The minimum atomic E-state index is 0. The van der Waals surface area contributed by atoms with E-state index in [1.165, 1.54) is 50.0 Å². The summed E-state index contributed by atoms with van der Waals surface area (Å²) >= 11 is 0. The lowest BCUT2D eigenvalue weighted by Crippen LogP contribution is -2.39. The van der Waals surface area contributed by atoms with Crippen molar-refractivity contribution in [3.8, 4) is 6.19 Å². The van der Waals surface area contributed by atoms with Gasteiger partial charge in [-0.1, -0.05) is 51.9 Å². The van der Waals surface area contributed by atoms with E-state index < -0.39 is 0 Å². The Labute approximate surface area is 106 Å². The first-order valence-corrected chi connectivity index (χ1v) is 5.98. The molecule has 0 aliphatic heterocycles. The topological polar surface area (TPSA) is 65.1 Å². The monoisotopic (exact) mass is 248 g/mol. The first kappa shape index (κ1) is 17.9. The normalized spacial score (nSPS) is 9.31. The molecule has 0 unspecified atom stereocenters. The minimum absolute atomic E-state index is 0. The third-order valence-electron chi connectivity index (χ3n) is 2.51. The molecule has 0 aromatic carbocycles. The predicted molar refractivity (Wildman–Crippen MR) is 69.5 cm³/mol. The van der Waals surface area contributed by atoms with Crippen LogP contribution in [0.25, 0.3) is 0 Å². The van der Waals surface area contributed by atoms with Gasteiger partial charge in [-0.2, -0.15) is 10.8 Å². The quantitative estimate of drug-likeness (QED) is 0.205. The molecule has 0 radical (unpaired) electrons. The second kappa shape index (κ2) is 14.5. The molecular formula is C11H25ClN4. The molecule has 0 saturated carbocycles. The van der Waals surface area contributed by atoms with E-state index in [0.29, 0.717) is 6.54 Å². The molecule has 3 N–H and O–H groups in total. The maximum Gasteiger partial charge on any atom is 0.196 e. The first-order valence-electron chi connectivity index (χ1n) is 5.98. The van der Waals surface area contributed by atoms with E-state index in [4.69, 9.17) is 11.1 Å². The van der Waals surface area contributed by atoms with Crippen molar-refractivity contribution in [2.45, 2.75) is 58.3 Å². The van der Waals surface area contributed by atoms with Crippen LogP contribution in [0.5, 0.6) is 0 Å². The van der Waals surface area contributed by atoms with Gasteiger partial charge in [-0.25, -0.2) is 5.01 Å². The molecule has 0 bridgehead atoms. The van der Waals surface area contributed by atoms with E-state index in [1.807, 2.05) is 6.19 Å². The van der Waals surface area contributed by atoms with Crippen LogP contribution in [0.3, 0.4) is 0 Å². The summed E-state index contributed by atoms with van der Waals surface area (Å²) in [5.74, 6) is 5.13. The summed E-state index contributed by atoms with van der Waals surface area (Å²) in [6, 6.07) is 0. The van der Waals surface area contributed by atoms with E-state index in [9.17, 15) is 0 Å². The van der Waals surface area contributed by atoms with Gasteiger partial charge in [0.15, 0.2) is 6.19 Å². The molecular weight excluding hydrogens is 224 g/mol. The van der Waals surface area contributed by atoms with E-state index in [0.717, 1.165) is 6.42 Å². The van der Waals surface area contributed by atoms with E-state index >= 15 is 0 Å². The Kier molecular flexibility index (Phi) is 16.2. The largest absolute Gasteiger partial charge is 0.253 e. The highest BCUT2D eigenvalue weighted by molar-refractivity contribution is 5.85. The van der Waals surface area contributed by atoms with E-state index in [-0.39, 0.29) is 12.4 Å². The van der Waals surface area contributed by atoms with Crippen molar-refractivity contribution in [3.63, 3.8) is 0 Å². The highest BCUT2D eigenvalue weighted by Gasteiger charge is 1.97. The zero-order chi connectivity index (χ0) is 11.4. The molecule has 0 heterocycles. The van der Waals surface area contributed by atoms with E-state index in [1.54, 1.807) is 0 Å². The van der Waals surface area contributed by atoms with Crippen LogP contribution in [0.15, 0.2) is 0 Å². The summed E-state index contributed by atoms with van der Waals surface area (Å²) in [6.45, 7) is 2.94. The SMILES string of the molecule is CCCCCCCCCCN(C#N)NN.Cl. The molecule has 0 aromatic heterocycles. The molecule has 0 aromatic rings. The number of hydrazine groups is 2. The van der Waals surface area contributed by atoms with Crippen molar-refractivity contribution < 1.29 is 0 Å². The molecule has 0 aliphatic carbocycles. The Morgan fingerprint density at radius 1 is 1.06 bits per heavy atom. The van der Waals surface area contributed by atoms with Gasteiger partial charge in [0.25, 0.3) is 0 Å². The Morgan fingerprint density at radius 3 is 2.00 bits per heavy atom. The lowest BCUT2D eigenvalue weighted by molar-refractivity contribution is 0.281. The fourth-order valence-electron chi connectivity index (χ4n) is 1.55. The first-order chi connectivity index (χ1) is 7.35. The summed E-state index contributed by atoms with van der Waals surface area (Å²) in [5.41, 5.74) is 2.34. The van der Waals surface area contributed by atoms with Crippen molar-refractivity contribution >= 4 is 12.4 Å². The van der Waals surface area contributed by atoms with Crippen LogP contribution >= 0.6 is 12.4 Å². The van der Waals surface area contributed by atoms with Crippen LogP contribution in [0.1, 0.15) is 58.3 Å². The minimum Gasteiger partial charge on any atom is -0.253 e. The lowest BCUT2D eigenvalue weighted by atomic mass is 10.1. The Morgan fingerprint density at radius 2 is 1.56 bits per heavy atom. The van der Waals surface area contributed by atoms with Crippen LogP contribution < -0.4 is 11.4 Å². The highest BCUT2D eigenvalue weighted by atomic mass is 35.5. The number of hydrogen-bond acceptors (Lipinski definition) is 4. The maximum atomic E-state index is 8.56. The molecule has 0 atom stereocenters. The number of halogens is 1. The Bertz CT molecular complexity index is 170. The van der Waals surface area contributed by atoms with Crippen LogP contribution in [-0.2, 0) is 0 Å². The van der Waals surface area contributed by atoms with Crippen LogP contribution in [0, 0.1) is 11.5 Å². The van der Waals surface area contributed by atoms with Gasteiger partial charge in [-0.15, -0.1) is 12.4 Å².